The van der Waals surface area contributed by atoms with E-state index in [0.29, 0.717) is 13.0 Å². The van der Waals surface area contributed by atoms with Gasteiger partial charge in [0, 0.05) is 24.2 Å². The Balaban J connectivity index is 2.21. The first-order chi connectivity index (χ1) is 12.9. The summed E-state index contributed by atoms with van der Waals surface area (Å²) in [5.41, 5.74) is 1.13. The summed E-state index contributed by atoms with van der Waals surface area (Å²) in [4.78, 5) is 25.3. The molecule has 2 aromatic carbocycles. The van der Waals surface area contributed by atoms with Crippen molar-refractivity contribution in [3.05, 3.63) is 63.7 Å². The van der Waals surface area contributed by atoms with Gasteiger partial charge in [-0.3, -0.25) is 14.9 Å². The molecular weight excluding hydrogens is 348 g/mol. The van der Waals surface area contributed by atoms with Crippen LogP contribution in [0.3, 0.4) is 0 Å². The number of rotatable bonds is 8. The van der Waals surface area contributed by atoms with Gasteiger partial charge in [0.15, 0.2) is 5.75 Å². The second-order valence-corrected chi connectivity index (χ2v) is 6.14. The number of nitro benzene ring substituents is 1. The number of carbonyl (C=O) groups is 1. The van der Waals surface area contributed by atoms with Gasteiger partial charge in [-0.15, -0.1) is 0 Å². The number of carbonyl (C=O) groups excluding carboxylic acids is 1. The lowest BCUT2D eigenvalue weighted by Gasteiger charge is -2.28. The van der Waals surface area contributed by atoms with Crippen molar-refractivity contribution in [2.24, 2.45) is 0 Å². The van der Waals surface area contributed by atoms with Crippen LogP contribution in [0, 0.1) is 10.1 Å². The van der Waals surface area contributed by atoms with Gasteiger partial charge in [0.05, 0.1) is 19.1 Å². The molecule has 144 valence electrons. The molecule has 0 fully saturated rings. The molecule has 0 bridgehead atoms. The topological polar surface area (TPSA) is 81.9 Å². The van der Waals surface area contributed by atoms with Crippen LogP contribution in [0.2, 0.25) is 0 Å². The third-order valence-corrected chi connectivity index (χ3v) is 4.45. The van der Waals surface area contributed by atoms with E-state index < -0.39 is 4.92 Å². The number of nitrogens with zero attached hydrogens (tertiary/aromatic N) is 2. The second kappa shape index (κ2) is 9.02. The molecular formula is C20H24N2O5. The molecule has 0 aromatic heterocycles. The summed E-state index contributed by atoms with van der Waals surface area (Å²) in [6.07, 6.45) is 0.668. The van der Waals surface area contributed by atoms with Crippen molar-refractivity contribution in [3.63, 3.8) is 0 Å². The standard InChI is InChI=1S/C20H24N2O5/c1-5-21(14(2)12-15-6-9-17(26-3)10-7-15)20(23)16-8-11-19(27-4)18(13-16)22(24)25/h6-11,13-14H,5,12H2,1-4H3. The van der Waals surface area contributed by atoms with Gasteiger partial charge in [-0.25, -0.2) is 0 Å². The van der Waals surface area contributed by atoms with Gasteiger partial charge in [-0.05, 0) is 50.1 Å². The maximum absolute atomic E-state index is 12.9. The molecule has 0 saturated carbocycles. The molecule has 0 aliphatic carbocycles. The Morgan fingerprint density at radius 1 is 1.15 bits per heavy atom. The summed E-state index contributed by atoms with van der Waals surface area (Å²) < 4.78 is 10.2. The number of likely N-dealkylation sites (N-methyl/N-ethyl adjacent to an activating group) is 1. The SMILES string of the molecule is CCN(C(=O)c1ccc(OC)c([N+](=O)[O-])c1)C(C)Cc1ccc(OC)cc1. The summed E-state index contributed by atoms with van der Waals surface area (Å²) in [5.74, 6) is 0.663. The maximum Gasteiger partial charge on any atom is 0.311 e. The van der Waals surface area contributed by atoms with Crippen LogP contribution in [0.15, 0.2) is 42.5 Å². The molecule has 0 radical (unpaired) electrons. The summed E-state index contributed by atoms with van der Waals surface area (Å²) in [5, 5.41) is 11.2. The fraction of sp³-hybridized carbons (Fsp3) is 0.350. The molecule has 27 heavy (non-hydrogen) atoms. The molecule has 0 spiro atoms. The first-order valence-corrected chi connectivity index (χ1v) is 8.67. The molecule has 0 aliphatic rings. The normalized spacial score (nSPS) is 11.6. The van der Waals surface area contributed by atoms with Crippen LogP contribution in [0.5, 0.6) is 11.5 Å². The Hall–Kier alpha value is -3.09. The van der Waals surface area contributed by atoms with Crippen molar-refractivity contribution in [1.82, 2.24) is 4.90 Å². The van der Waals surface area contributed by atoms with E-state index in [9.17, 15) is 14.9 Å². The molecule has 0 heterocycles. The molecule has 2 aromatic rings. The first kappa shape index (κ1) is 20.2. The summed E-state index contributed by atoms with van der Waals surface area (Å²) >= 11 is 0. The quantitative estimate of drug-likeness (QED) is 0.521. The molecule has 1 atom stereocenters. The zero-order chi connectivity index (χ0) is 20.0. The fourth-order valence-electron chi connectivity index (χ4n) is 3.00. The molecule has 1 amide bonds. The Labute approximate surface area is 158 Å². The zero-order valence-corrected chi connectivity index (χ0v) is 16.0. The zero-order valence-electron chi connectivity index (χ0n) is 16.0. The van der Waals surface area contributed by atoms with E-state index in [0.717, 1.165) is 11.3 Å². The highest BCUT2D eigenvalue weighted by Crippen LogP contribution is 2.28. The smallest absolute Gasteiger partial charge is 0.311 e. The average Bonchev–Trinajstić information content (AvgIpc) is 2.68. The highest BCUT2D eigenvalue weighted by Gasteiger charge is 2.24. The largest absolute Gasteiger partial charge is 0.497 e. The van der Waals surface area contributed by atoms with Crippen LogP contribution in [0.4, 0.5) is 5.69 Å². The number of hydrogen-bond acceptors (Lipinski definition) is 5. The van der Waals surface area contributed by atoms with Gasteiger partial charge in [-0.1, -0.05) is 12.1 Å². The molecule has 7 nitrogen and oxygen atoms in total. The van der Waals surface area contributed by atoms with Crippen LogP contribution in [-0.4, -0.2) is 42.5 Å². The van der Waals surface area contributed by atoms with Crippen molar-refractivity contribution < 1.29 is 19.2 Å². The minimum atomic E-state index is -0.549. The first-order valence-electron chi connectivity index (χ1n) is 8.67. The highest BCUT2D eigenvalue weighted by atomic mass is 16.6. The van der Waals surface area contributed by atoms with E-state index in [-0.39, 0.29) is 28.9 Å². The number of methoxy groups -OCH3 is 2. The van der Waals surface area contributed by atoms with Crippen molar-refractivity contribution in [2.75, 3.05) is 20.8 Å². The summed E-state index contributed by atoms with van der Waals surface area (Å²) in [6.45, 7) is 4.35. The summed E-state index contributed by atoms with van der Waals surface area (Å²) in [6, 6.07) is 11.9. The minimum Gasteiger partial charge on any atom is -0.497 e. The van der Waals surface area contributed by atoms with E-state index in [2.05, 4.69) is 0 Å². The van der Waals surface area contributed by atoms with Crippen LogP contribution in [0.25, 0.3) is 0 Å². The third kappa shape index (κ3) is 4.75. The van der Waals surface area contributed by atoms with Crippen LogP contribution in [-0.2, 0) is 6.42 Å². The van der Waals surface area contributed by atoms with Crippen LogP contribution >= 0.6 is 0 Å². The van der Waals surface area contributed by atoms with E-state index in [4.69, 9.17) is 9.47 Å². The predicted octanol–water partition coefficient (Wildman–Crippen LogP) is 3.71. The molecule has 0 saturated heterocycles. The lowest BCUT2D eigenvalue weighted by Crippen LogP contribution is -2.39. The van der Waals surface area contributed by atoms with Crippen molar-refractivity contribution >= 4 is 11.6 Å². The lowest BCUT2D eigenvalue weighted by molar-refractivity contribution is -0.385. The number of hydrogen-bond donors (Lipinski definition) is 0. The Morgan fingerprint density at radius 3 is 2.33 bits per heavy atom. The number of amides is 1. The average molecular weight is 372 g/mol. The van der Waals surface area contributed by atoms with Crippen molar-refractivity contribution in [1.29, 1.82) is 0 Å². The van der Waals surface area contributed by atoms with Gasteiger partial charge in [0.25, 0.3) is 5.91 Å². The monoisotopic (exact) mass is 372 g/mol. The van der Waals surface area contributed by atoms with Gasteiger partial charge >= 0.3 is 5.69 Å². The lowest BCUT2D eigenvalue weighted by atomic mass is 10.0. The summed E-state index contributed by atoms with van der Waals surface area (Å²) in [7, 11) is 2.97. The molecule has 1 unspecified atom stereocenters. The highest BCUT2D eigenvalue weighted by molar-refractivity contribution is 5.95. The van der Waals surface area contributed by atoms with E-state index in [1.165, 1.54) is 19.2 Å². The van der Waals surface area contributed by atoms with Crippen molar-refractivity contribution in [2.45, 2.75) is 26.3 Å². The molecule has 2 rings (SSSR count). The van der Waals surface area contributed by atoms with Gasteiger partial charge in [-0.2, -0.15) is 0 Å². The second-order valence-electron chi connectivity index (χ2n) is 6.14. The molecule has 0 N–H and O–H groups in total. The number of benzene rings is 2. The van der Waals surface area contributed by atoms with Crippen molar-refractivity contribution in [3.8, 4) is 11.5 Å². The van der Waals surface area contributed by atoms with Gasteiger partial charge < -0.3 is 14.4 Å². The number of nitro groups is 1. The molecule has 0 aliphatic heterocycles. The van der Waals surface area contributed by atoms with Crippen LogP contribution < -0.4 is 9.47 Å². The Morgan fingerprint density at radius 2 is 1.81 bits per heavy atom. The minimum absolute atomic E-state index is 0.0722. The third-order valence-electron chi connectivity index (χ3n) is 4.45. The van der Waals surface area contributed by atoms with E-state index in [1.807, 2.05) is 38.1 Å². The maximum atomic E-state index is 12.9. The van der Waals surface area contributed by atoms with Gasteiger partial charge in [0.2, 0.25) is 0 Å². The fourth-order valence-corrected chi connectivity index (χ4v) is 3.00. The van der Waals surface area contributed by atoms with E-state index >= 15 is 0 Å². The van der Waals surface area contributed by atoms with Gasteiger partial charge in [0.1, 0.15) is 5.75 Å². The molecule has 7 heteroatoms. The number of ether oxygens (including phenoxy) is 2. The Bertz CT molecular complexity index is 805. The van der Waals surface area contributed by atoms with Crippen LogP contribution in [0.1, 0.15) is 29.8 Å². The Kier molecular flexibility index (Phi) is 6.76. The van der Waals surface area contributed by atoms with E-state index in [1.54, 1.807) is 18.1 Å². The predicted molar refractivity (Wildman–Crippen MR) is 103 cm³/mol.